The zero-order valence-electron chi connectivity index (χ0n) is 20.0. The van der Waals surface area contributed by atoms with Gasteiger partial charge in [-0.2, -0.15) is 0 Å². The van der Waals surface area contributed by atoms with Crippen molar-refractivity contribution in [2.75, 3.05) is 43.1 Å². The highest BCUT2D eigenvalue weighted by Gasteiger charge is 2.19. The van der Waals surface area contributed by atoms with Gasteiger partial charge in [0.25, 0.3) is 0 Å². The quantitative estimate of drug-likeness (QED) is 0.444. The smallest absolute Gasteiger partial charge is 0.316 e. The van der Waals surface area contributed by atoms with Crippen LogP contribution in [0.1, 0.15) is 38.2 Å². The summed E-state index contributed by atoms with van der Waals surface area (Å²) in [7, 11) is 0. The van der Waals surface area contributed by atoms with E-state index in [4.69, 9.17) is 14.5 Å². The minimum Gasteiger partial charge on any atom is -0.481 e. The Morgan fingerprint density at radius 2 is 1.94 bits per heavy atom. The van der Waals surface area contributed by atoms with Gasteiger partial charge in [0.1, 0.15) is 0 Å². The van der Waals surface area contributed by atoms with Gasteiger partial charge in [-0.1, -0.05) is 19.1 Å². The molecule has 4 rings (SSSR count). The first-order chi connectivity index (χ1) is 17.1. The Balaban J connectivity index is 1.70. The molecule has 2 aromatic heterocycles. The molecule has 10 nitrogen and oxygen atoms in total. The van der Waals surface area contributed by atoms with Crippen LogP contribution in [-0.4, -0.2) is 63.9 Å². The first-order valence-corrected chi connectivity index (χ1v) is 11.8. The lowest BCUT2D eigenvalue weighted by molar-refractivity contribution is -0.137. The van der Waals surface area contributed by atoms with E-state index in [9.17, 15) is 9.90 Å². The number of hydrogen-bond acceptors (Lipinski definition) is 9. The van der Waals surface area contributed by atoms with Crippen molar-refractivity contribution >= 4 is 23.3 Å². The van der Waals surface area contributed by atoms with Crippen molar-refractivity contribution in [3.05, 3.63) is 48.4 Å². The van der Waals surface area contributed by atoms with Crippen LogP contribution in [0.4, 0.5) is 17.3 Å². The van der Waals surface area contributed by atoms with Gasteiger partial charge in [0.05, 0.1) is 50.0 Å². The van der Waals surface area contributed by atoms with Gasteiger partial charge >= 0.3 is 12.0 Å². The third-order valence-electron chi connectivity index (χ3n) is 5.82. The summed E-state index contributed by atoms with van der Waals surface area (Å²) in [6.45, 7) is 7.13. The minimum atomic E-state index is -0.818. The van der Waals surface area contributed by atoms with Crippen LogP contribution in [0.15, 0.2) is 42.9 Å². The second kappa shape index (κ2) is 11.6. The van der Waals surface area contributed by atoms with Crippen LogP contribution in [-0.2, 0) is 9.53 Å². The van der Waals surface area contributed by atoms with Crippen LogP contribution in [0.25, 0.3) is 11.3 Å². The number of anilines is 3. The van der Waals surface area contributed by atoms with Crippen molar-refractivity contribution in [1.82, 2.24) is 19.9 Å². The molecule has 2 N–H and O–H groups in total. The van der Waals surface area contributed by atoms with Gasteiger partial charge < -0.3 is 24.8 Å². The lowest BCUT2D eigenvalue weighted by Gasteiger charge is -2.27. The number of benzene rings is 1. The third kappa shape index (κ3) is 6.21. The van der Waals surface area contributed by atoms with Crippen molar-refractivity contribution in [3.63, 3.8) is 0 Å². The number of nitrogens with zero attached hydrogens (tertiary/aromatic N) is 5. The summed E-state index contributed by atoms with van der Waals surface area (Å²) < 4.78 is 10.8. The van der Waals surface area contributed by atoms with Gasteiger partial charge in [0, 0.05) is 30.5 Å². The Hall–Kier alpha value is -3.79. The van der Waals surface area contributed by atoms with Gasteiger partial charge in [-0.3, -0.25) is 4.79 Å². The molecule has 184 valence electrons. The fourth-order valence-corrected chi connectivity index (χ4v) is 4.01. The first-order valence-electron chi connectivity index (χ1n) is 11.8. The highest BCUT2D eigenvalue weighted by atomic mass is 16.5. The summed E-state index contributed by atoms with van der Waals surface area (Å²) in [4.78, 5) is 31.3. The largest absolute Gasteiger partial charge is 0.481 e. The summed E-state index contributed by atoms with van der Waals surface area (Å²) in [5.41, 5.74) is 4.03. The summed E-state index contributed by atoms with van der Waals surface area (Å²) in [6.07, 6.45) is 5.84. The molecule has 3 heterocycles. The predicted molar refractivity (Wildman–Crippen MR) is 132 cm³/mol. The Kier molecular flexibility index (Phi) is 8.04. The standard InChI is InChI=1S/C25H30N6O4/c1-3-17(14-23(32)33)18-5-6-20(21-7-8-26-24(30-21)31-9-11-34-12-10-31)22(13-18)29-19-15-27-25(28-16-19)35-4-2/h5-8,13,15-17,29H,3-4,9-12,14H2,1-2H3,(H,32,33)/t17-/m1/s1. The Bertz CT molecular complexity index is 1140. The van der Waals surface area contributed by atoms with Gasteiger partial charge in [0.15, 0.2) is 0 Å². The second-order valence-electron chi connectivity index (χ2n) is 8.16. The summed E-state index contributed by atoms with van der Waals surface area (Å²) in [5, 5.41) is 12.8. The number of carbonyl (C=O) groups is 1. The average Bonchev–Trinajstić information content (AvgIpc) is 2.89. The number of aliphatic carboxylic acids is 1. The van der Waals surface area contributed by atoms with E-state index in [1.54, 1.807) is 18.6 Å². The topological polar surface area (TPSA) is 123 Å². The number of rotatable bonds is 10. The molecule has 1 aromatic carbocycles. The molecule has 1 saturated heterocycles. The number of hydrogen-bond donors (Lipinski definition) is 2. The Morgan fingerprint density at radius 1 is 1.17 bits per heavy atom. The van der Waals surface area contributed by atoms with Crippen molar-refractivity contribution in [2.45, 2.75) is 32.6 Å². The number of carboxylic acids is 1. The van der Waals surface area contributed by atoms with Gasteiger partial charge in [-0.15, -0.1) is 0 Å². The van der Waals surface area contributed by atoms with E-state index >= 15 is 0 Å². The minimum absolute atomic E-state index is 0.0656. The molecule has 35 heavy (non-hydrogen) atoms. The highest BCUT2D eigenvalue weighted by Crippen LogP contribution is 2.34. The number of morpholine rings is 1. The predicted octanol–water partition coefficient (Wildman–Crippen LogP) is 3.88. The van der Waals surface area contributed by atoms with E-state index in [2.05, 4.69) is 25.2 Å². The lowest BCUT2D eigenvalue weighted by atomic mass is 9.91. The number of aromatic nitrogens is 4. The molecule has 1 aliphatic rings. The van der Waals surface area contributed by atoms with Crippen molar-refractivity contribution in [3.8, 4) is 17.3 Å². The average molecular weight is 479 g/mol. The van der Waals surface area contributed by atoms with Crippen molar-refractivity contribution in [2.24, 2.45) is 0 Å². The number of ether oxygens (including phenoxy) is 2. The van der Waals surface area contributed by atoms with Crippen LogP contribution in [0, 0.1) is 0 Å². The van der Waals surface area contributed by atoms with Gasteiger partial charge in [-0.25, -0.2) is 19.9 Å². The molecule has 10 heteroatoms. The second-order valence-corrected chi connectivity index (χ2v) is 8.16. The maximum atomic E-state index is 11.4. The van der Waals surface area contributed by atoms with Gasteiger partial charge in [-0.05, 0) is 37.0 Å². The first kappa shape index (κ1) is 24.3. The maximum absolute atomic E-state index is 11.4. The normalized spacial score (nSPS) is 14.4. The molecule has 0 aliphatic carbocycles. The van der Waals surface area contributed by atoms with E-state index in [0.29, 0.717) is 43.9 Å². The molecular formula is C25H30N6O4. The molecule has 0 unspecified atom stereocenters. The molecule has 1 aliphatic heterocycles. The fraction of sp³-hybridized carbons (Fsp3) is 0.400. The molecule has 3 aromatic rings. The van der Waals surface area contributed by atoms with E-state index < -0.39 is 5.97 Å². The van der Waals surface area contributed by atoms with Crippen molar-refractivity contribution in [1.29, 1.82) is 0 Å². The monoisotopic (exact) mass is 478 g/mol. The zero-order chi connectivity index (χ0) is 24.6. The summed E-state index contributed by atoms with van der Waals surface area (Å²) in [5.74, 6) is -0.267. The van der Waals surface area contributed by atoms with E-state index in [-0.39, 0.29) is 12.3 Å². The SMILES string of the molecule is CCOc1ncc(Nc2cc([C@H](CC)CC(=O)O)ccc2-c2ccnc(N3CCOCC3)n2)cn1. The highest BCUT2D eigenvalue weighted by molar-refractivity contribution is 5.80. The molecule has 0 amide bonds. The fourth-order valence-electron chi connectivity index (χ4n) is 4.01. The molecule has 0 saturated carbocycles. The molecule has 1 atom stereocenters. The van der Waals surface area contributed by atoms with Crippen LogP contribution in [0.3, 0.4) is 0 Å². The molecular weight excluding hydrogens is 448 g/mol. The van der Waals surface area contributed by atoms with Crippen LogP contribution in [0.2, 0.25) is 0 Å². The molecule has 0 radical (unpaired) electrons. The number of nitrogens with one attached hydrogen (secondary N) is 1. The van der Waals surface area contributed by atoms with E-state index in [1.807, 2.05) is 38.1 Å². The molecule has 1 fully saturated rings. The lowest BCUT2D eigenvalue weighted by Crippen LogP contribution is -2.37. The third-order valence-corrected chi connectivity index (χ3v) is 5.82. The van der Waals surface area contributed by atoms with E-state index in [1.165, 1.54) is 0 Å². The summed E-state index contributed by atoms with van der Waals surface area (Å²) >= 11 is 0. The Labute approximate surface area is 204 Å². The van der Waals surface area contributed by atoms with Crippen LogP contribution >= 0.6 is 0 Å². The van der Waals surface area contributed by atoms with Crippen LogP contribution in [0.5, 0.6) is 6.01 Å². The van der Waals surface area contributed by atoms with Crippen molar-refractivity contribution < 1.29 is 19.4 Å². The van der Waals surface area contributed by atoms with E-state index in [0.717, 1.165) is 35.6 Å². The maximum Gasteiger partial charge on any atom is 0.316 e. The van der Waals surface area contributed by atoms with Crippen LogP contribution < -0.4 is 15.0 Å². The number of carboxylic acid groups (broad SMARTS) is 1. The Morgan fingerprint density at radius 3 is 2.63 bits per heavy atom. The van der Waals surface area contributed by atoms with Gasteiger partial charge in [0.2, 0.25) is 5.95 Å². The summed E-state index contributed by atoms with van der Waals surface area (Å²) in [6, 6.07) is 8.11. The zero-order valence-corrected chi connectivity index (χ0v) is 20.0. The molecule has 0 bridgehead atoms. The molecule has 0 spiro atoms.